The first kappa shape index (κ1) is 17.3. The first-order valence-electron chi connectivity index (χ1n) is 8.91. The van der Waals surface area contributed by atoms with Gasteiger partial charge in [-0.15, -0.1) is 0 Å². The number of carbonyl (C=O) groups excluding carboxylic acids is 1. The summed E-state index contributed by atoms with van der Waals surface area (Å²) in [6, 6.07) is 8.21. The summed E-state index contributed by atoms with van der Waals surface area (Å²) in [6.07, 6.45) is 4.35. The standard InChI is InChI=1S/C19H27N5O/c1-14(18-13-21-23(3)15(18)2)22-19(25)20-12-16-6-8-17(9-7-16)24-10-4-5-11-24/h6-9,13-14H,4-5,10-12H2,1-3H3,(H2,20,22,25)/t14-/m0/s1. The number of carbonyl (C=O) groups is 1. The Morgan fingerprint density at radius 3 is 2.52 bits per heavy atom. The molecule has 25 heavy (non-hydrogen) atoms. The highest BCUT2D eigenvalue weighted by Gasteiger charge is 2.15. The van der Waals surface area contributed by atoms with E-state index in [1.807, 2.05) is 25.6 Å². The lowest BCUT2D eigenvalue weighted by Gasteiger charge is -2.18. The third-order valence-corrected chi connectivity index (χ3v) is 4.95. The van der Waals surface area contributed by atoms with Crippen molar-refractivity contribution in [2.75, 3.05) is 18.0 Å². The van der Waals surface area contributed by atoms with Gasteiger partial charge in [0.1, 0.15) is 0 Å². The average molecular weight is 341 g/mol. The molecular formula is C19H27N5O. The number of hydrogen-bond acceptors (Lipinski definition) is 3. The Bertz CT molecular complexity index is 716. The lowest BCUT2D eigenvalue weighted by molar-refractivity contribution is 0.237. The van der Waals surface area contributed by atoms with Crippen molar-refractivity contribution in [3.8, 4) is 0 Å². The molecule has 0 radical (unpaired) electrons. The van der Waals surface area contributed by atoms with Gasteiger partial charge in [0.25, 0.3) is 0 Å². The minimum Gasteiger partial charge on any atom is -0.372 e. The maximum Gasteiger partial charge on any atom is 0.315 e. The van der Waals surface area contributed by atoms with Crippen LogP contribution < -0.4 is 15.5 Å². The molecule has 0 spiro atoms. The number of urea groups is 1. The molecule has 6 heteroatoms. The number of aromatic nitrogens is 2. The predicted molar refractivity (Wildman–Crippen MR) is 99.6 cm³/mol. The van der Waals surface area contributed by atoms with Crippen LogP contribution in [0.1, 0.15) is 42.6 Å². The molecule has 134 valence electrons. The Labute approximate surface area is 149 Å². The minimum absolute atomic E-state index is 0.0776. The van der Waals surface area contributed by atoms with Crippen molar-refractivity contribution in [1.29, 1.82) is 0 Å². The van der Waals surface area contributed by atoms with E-state index >= 15 is 0 Å². The van der Waals surface area contributed by atoms with E-state index in [1.165, 1.54) is 18.5 Å². The molecule has 0 bridgehead atoms. The van der Waals surface area contributed by atoms with Crippen LogP contribution >= 0.6 is 0 Å². The van der Waals surface area contributed by atoms with Crippen molar-refractivity contribution >= 4 is 11.7 Å². The van der Waals surface area contributed by atoms with E-state index in [4.69, 9.17) is 0 Å². The van der Waals surface area contributed by atoms with E-state index < -0.39 is 0 Å². The van der Waals surface area contributed by atoms with Gasteiger partial charge in [-0.05, 0) is 44.4 Å². The van der Waals surface area contributed by atoms with Crippen molar-refractivity contribution in [3.63, 3.8) is 0 Å². The van der Waals surface area contributed by atoms with Crippen LogP contribution in [-0.2, 0) is 13.6 Å². The summed E-state index contributed by atoms with van der Waals surface area (Å²) in [5.41, 5.74) is 4.47. The SMILES string of the molecule is Cc1c([C@H](C)NC(=O)NCc2ccc(N3CCCC3)cc2)cnn1C. The Balaban J connectivity index is 1.49. The van der Waals surface area contributed by atoms with Gasteiger partial charge in [0.15, 0.2) is 0 Å². The highest BCUT2D eigenvalue weighted by Crippen LogP contribution is 2.20. The van der Waals surface area contributed by atoms with Crippen LogP contribution in [0.4, 0.5) is 10.5 Å². The molecule has 1 fully saturated rings. The number of amides is 2. The van der Waals surface area contributed by atoms with E-state index in [2.05, 4.69) is 44.9 Å². The number of hydrogen-bond donors (Lipinski definition) is 2. The molecular weight excluding hydrogens is 314 g/mol. The van der Waals surface area contributed by atoms with Crippen LogP contribution in [-0.4, -0.2) is 28.9 Å². The number of rotatable bonds is 5. The molecule has 3 rings (SSSR count). The van der Waals surface area contributed by atoms with Crippen LogP contribution in [0.15, 0.2) is 30.5 Å². The van der Waals surface area contributed by atoms with Gasteiger partial charge in [-0.2, -0.15) is 5.10 Å². The zero-order chi connectivity index (χ0) is 17.8. The largest absolute Gasteiger partial charge is 0.372 e. The summed E-state index contributed by atoms with van der Waals surface area (Å²) in [5, 5.41) is 10.1. The first-order chi connectivity index (χ1) is 12.0. The quantitative estimate of drug-likeness (QED) is 0.879. The molecule has 1 aromatic heterocycles. The van der Waals surface area contributed by atoms with Gasteiger partial charge >= 0.3 is 6.03 Å². The van der Waals surface area contributed by atoms with Gasteiger partial charge in [-0.3, -0.25) is 4.68 Å². The number of nitrogens with one attached hydrogen (secondary N) is 2. The number of anilines is 1. The molecule has 2 amide bonds. The summed E-state index contributed by atoms with van der Waals surface area (Å²) in [4.78, 5) is 14.5. The summed E-state index contributed by atoms with van der Waals surface area (Å²) < 4.78 is 1.81. The zero-order valence-corrected chi connectivity index (χ0v) is 15.2. The lowest BCUT2D eigenvalue weighted by atomic mass is 10.1. The van der Waals surface area contributed by atoms with Gasteiger partial charge in [0.05, 0.1) is 12.2 Å². The fourth-order valence-corrected chi connectivity index (χ4v) is 3.25. The second-order valence-corrected chi connectivity index (χ2v) is 6.72. The van der Waals surface area contributed by atoms with E-state index in [1.54, 1.807) is 6.20 Å². The molecule has 0 aliphatic carbocycles. The summed E-state index contributed by atoms with van der Waals surface area (Å²) >= 11 is 0. The van der Waals surface area contributed by atoms with E-state index in [-0.39, 0.29) is 12.1 Å². The molecule has 6 nitrogen and oxygen atoms in total. The van der Waals surface area contributed by atoms with Gasteiger partial charge in [-0.25, -0.2) is 4.79 Å². The maximum absolute atomic E-state index is 12.1. The average Bonchev–Trinajstić information content (AvgIpc) is 3.25. The van der Waals surface area contributed by atoms with Crippen LogP contribution in [0.25, 0.3) is 0 Å². The van der Waals surface area contributed by atoms with Crippen LogP contribution in [0.2, 0.25) is 0 Å². The van der Waals surface area contributed by atoms with Crippen molar-refractivity contribution in [1.82, 2.24) is 20.4 Å². The minimum atomic E-state index is -0.167. The van der Waals surface area contributed by atoms with Gasteiger partial charge in [0.2, 0.25) is 0 Å². The summed E-state index contributed by atoms with van der Waals surface area (Å²) in [5.74, 6) is 0. The summed E-state index contributed by atoms with van der Waals surface area (Å²) in [6.45, 7) is 6.77. The lowest BCUT2D eigenvalue weighted by Crippen LogP contribution is -2.36. The smallest absolute Gasteiger partial charge is 0.315 e. The van der Waals surface area contributed by atoms with Crippen molar-refractivity contribution < 1.29 is 4.79 Å². The molecule has 2 N–H and O–H groups in total. The molecule has 1 atom stereocenters. The number of benzene rings is 1. The Morgan fingerprint density at radius 2 is 1.92 bits per heavy atom. The Hall–Kier alpha value is -2.50. The van der Waals surface area contributed by atoms with Crippen LogP contribution in [0.3, 0.4) is 0 Å². The second-order valence-electron chi connectivity index (χ2n) is 6.72. The fraction of sp³-hybridized carbons (Fsp3) is 0.474. The third-order valence-electron chi connectivity index (χ3n) is 4.95. The highest BCUT2D eigenvalue weighted by molar-refractivity contribution is 5.74. The number of aryl methyl sites for hydroxylation is 1. The van der Waals surface area contributed by atoms with Crippen molar-refractivity contribution in [2.45, 2.75) is 39.3 Å². The molecule has 0 saturated carbocycles. The van der Waals surface area contributed by atoms with Crippen LogP contribution in [0, 0.1) is 6.92 Å². The maximum atomic E-state index is 12.1. The molecule has 1 aliphatic heterocycles. The molecule has 2 heterocycles. The molecule has 1 saturated heterocycles. The zero-order valence-electron chi connectivity index (χ0n) is 15.2. The Kier molecular flexibility index (Phi) is 5.26. The van der Waals surface area contributed by atoms with Crippen molar-refractivity contribution in [3.05, 3.63) is 47.3 Å². The van der Waals surface area contributed by atoms with Crippen molar-refractivity contribution in [2.24, 2.45) is 7.05 Å². The van der Waals surface area contributed by atoms with Gasteiger partial charge in [0, 0.05) is 43.6 Å². The van der Waals surface area contributed by atoms with E-state index in [9.17, 15) is 4.79 Å². The van der Waals surface area contributed by atoms with Gasteiger partial charge in [-0.1, -0.05) is 12.1 Å². The Morgan fingerprint density at radius 1 is 1.24 bits per heavy atom. The first-order valence-corrected chi connectivity index (χ1v) is 8.91. The molecule has 2 aromatic rings. The predicted octanol–water partition coefficient (Wildman–Crippen LogP) is 2.89. The van der Waals surface area contributed by atoms with Gasteiger partial charge < -0.3 is 15.5 Å². The van der Waals surface area contributed by atoms with Crippen LogP contribution in [0.5, 0.6) is 0 Å². The molecule has 0 unspecified atom stereocenters. The third kappa shape index (κ3) is 4.13. The molecule has 1 aromatic carbocycles. The second kappa shape index (κ2) is 7.59. The topological polar surface area (TPSA) is 62.2 Å². The number of nitrogens with zero attached hydrogens (tertiary/aromatic N) is 3. The van der Waals surface area contributed by atoms with E-state index in [0.717, 1.165) is 29.9 Å². The highest BCUT2D eigenvalue weighted by atomic mass is 16.2. The van der Waals surface area contributed by atoms with E-state index in [0.29, 0.717) is 6.54 Å². The normalized spacial score (nSPS) is 15.2. The monoisotopic (exact) mass is 341 g/mol. The summed E-state index contributed by atoms with van der Waals surface area (Å²) in [7, 11) is 1.90. The molecule has 1 aliphatic rings. The fourth-order valence-electron chi connectivity index (χ4n) is 3.25.